The summed E-state index contributed by atoms with van der Waals surface area (Å²) in [6.07, 6.45) is 3.51. The fourth-order valence-electron chi connectivity index (χ4n) is 1.33. The van der Waals surface area contributed by atoms with Gasteiger partial charge in [0.25, 0.3) is 0 Å². The Morgan fingerprint density at radius 3 is 2.50 bits per heavy atom. The van der Waals surface area contributed by atoms with Gasteiger partial charge in [0, 0.05) is 22.9 Å². The zero-order chi connectivity index (χ0) is 13.1. The van der Waals surface area contributed by atoms with Gasteiger partial charge < -0.3 is 0 Å². The van der Waals surface area contributed by atoms with Gasteiger partial charge in [-0.25, -0.2) is 9.97 Å². The highest BCUT2D eigenvalue weighted by molar-refractivity contribution is 7.99. The Labute approximate surface area is 115 Å². The molecule has 0 aliphatic rings. The second-order valence-electron chi connectivity index (χ2n) is 3.85. The molecule has 2 aromatic rings. The molecule has 0 atom stereocenters. The molecular formula is C13H11ClN2OS. The van der Waals surface area contributed by atoms with Crippen LogP contribution in [0.1, 0.15) is 22.8 Å². The van der Waals surface area contributed by atoms with E-state index in [1.165, 1.54) is 18.7 Å². The van der Waals surface area contributed by atoms with Gasteiger partial charge in [-0.3, -0.25) is 4.79 Å². The molecular weight excluding hydrogens is 268 g/mol. The molecule has 0 bridgehead atoms. The molecule has 0 N–H and O–H groups in total. The van der Waals surface area contributed by atoms with E-state index in [0.29, 0.717) is 15.7 Å². The van der Waals surface area contributed by atoms with Gasteiger partial charge in [0.2, 0.25) is 0 Å². The molecule has 1 heterocycles. The molecule has 92 valence electrons. The highest BCUT2D eigenvalue weighted by atomic mass is 35.5. The fourth-order valence-corrected chi connectivity index (χ4v) is 2.33. The normalized spacial score (nSPS) is 10.4. The van der Waals surface area contributed by atoms with Crippen molar-refractivity contribution in [1.82, 2.24) is 9.97 Å². The minimum atomic E-state index is 0.0000332. The largest absolute Gasteiger partial charge is 0.295 e. The second kappa shape index (κ2) is 5.50. The first-order chi connectivity index (χ1) is 8.56. The van der Waals surface area contributed by atoms with Crippen LogP contribution in [0.2, 0.25) is 5.02 Å². The number of aryl methyl sites for hydroxylation is 1. The van der Waals surface area contributed by atoms with Crippen molar-refractivity contribution in [2.24, 2.45) is 0 Å². The molecule has 0 aliphatic heterocycles. The molecule has 2 rings (SSSR count). The van der Waals surface area contributed by atoms with Crippen LogP contribution in [0.4, 0.5) is 0 Å². The summed E-state index contributed by atoms with van der Waals surface area (Å²) >= 11 is 7.50. The number of carbonyl (C=O) groups is 1. The van der Waals surface area contributed by atoms with Crippen molar-refractivity contribution in [3.8, 4) is 0 Å². The quantitative estimate of drug-likeness (QED) is 0.633. The van der Waals surface area contributed by atoms with E-state index in [0.717, 1.165) is 10.5 Å². The third-order valence-corrected chi connectivity index (χ3v) is 3.69. The summed E-state index contributed by atoms with van der Waals surface area (Å²) in [5.41, 5.74) is 1.62. The van der Waals surface area contributed by atoms with Gasteiger partial charge in [0.15, 0.2) is 10.9 Å². The average molecular weight is 279 g/mol. The third kappa shape index (κ3) is 3.09. The van der Waals surface area contributed by atoms with Crippen LogP contribution < -0.4 is 0 Å². The molecule has 1 aromatic heterocycles. The van der Waals surface area contributed by atoms with Crippen molar-refractivity contribution >= 4 is 29.1 Å². The van der Waals surface area contributed by atoms with Crippen LogP contribution in [0.3, 0.4) is 0 Å². The number of nitrogens with zero attached hydrogens (tertiary/aromatic N) is 2. The highest BCUT2D eigenvalue weighted by Crippen LogP contribution is 2.31. The Balaban J connectivity index is 2.24. The van der Waals surface area contributed by atoms with Crippen molar-refractivity contribution in [2.45, 2.75) is 23.9 Å². The smallest absolute Gasteiger partial charge is 0.192 e. The fraction of sp³-hybridized carbons (Fsp3) is 0.154. The number of halogens is 1. The lowest BCUT2D eigenvalue weighted by molar-refractivity contribution is 0.101. The summed E-state index contributed by atoms with van der Waals surface area (Å²) in [5, 5.41) is 1.18. The van der Waals surface area contributed by atoms with Crippen LogP contribution >= 0.6 is 23.4 Å². The van der Waals surface area contributed by atoms with Crippen LogP contribution in [-0.2, 0) is 0 Å². The summed E-state index contributed by atoms with van der Waals surface area (Å²) in [6.45, 7) is 3.45. The Bertz CT molecular complexity index is 584. The van der Waals surface area contributed by atoms with Gasteiger partial charge in [-0.05, 0) is 43.3 Å². The summed E-state index contributed by atoms with van der Waals surface area (Å²) in [6, 6.07) is 5.23. The molecule has 0 aliphatic carbocycles. The highest BCUT2D eigenvalue weighted by Gasteiger charge is 2.07. The van der Waals surface area contributed by atoms with E-state index < -0.39 is 0 Å². The van der Waals surface area contributed by atoms with Crippen LogP contribution in [0.25, 0.3) is 0 Å². The minimum absolute atomic E-state index is 0.0000332. The van der Waals surface area contributed by atoms with Gasteiger partial charge in [-0.1, -0.05) is 17.7 Å². The van der Waals surface area contributed by atoms with Crippen LogP contribution in [0.15, 0.2) is 40.6 Å². The van der Waals surface area contributed by atoms with E-state index in [1.54, 1.807) is 24.5 Å². The van der Waals surface area contributed by atoms with Gasteiger partial charge in [-0.2, -0.15) is 0 Å². The van der Waals surface area contributed by atoms with Gasteiger partial charge in [-0.15, -0.1) is 0 Å². The zero-order valence-electron chi connectivity index (χ0n) is 9.98. The zero-order valence-corrected chi connectivity index (χ0v) is 11.5. The third-order valence-electron chi connectivity index (χ3n) is 2.30. The lowest BCUT2D eigenvalue weighted by Gasteiger charge is -2.04. The van der Waals surface area contributed by atoms with E-state index in [-0.39, 0.29) is 5.78 Å². The number of ketones is 1. The summed E-state index contributed by atoms with van der Waals surface area (Å²) < 4.78 is 0. The van der Waals surface area contributed by atoms with E-state index in [2.05, 4.69) is 9.97 Å². The first kappa shape index (κ1) is 13.1. The Kier molecular flexibility index (Phi) is 3.99. The molecule has 5 heteroatoms. The van der Waals surface area contributed by atoms with Gasteiger partial charge in [0.1, 0.15) is 0 Å². The van der Waals surface area contributed by atoms with E-state index in [9.17, 15) is 4.79 Å². The number of benzene rings is 1. The lowest BCUT2D eigenvalue weighted by atomic mass is 10.1. The number of rotatable bonds is 3. The van der Waals surface area contributed by atoms with Gasteiger partial charge >= 0.3 is 0 Å². The molecule has 1 aromatic carbocycles. The monoisotopic (exact) mass is 278 g/mol. The molecule has 0 fully saturated rings. The number of Topliss-reactive ketones (excluding diaryl/α,β-unsaturated/α-hetero) is 1. The Morgan fingerprint density at radius 2 is 1.94 bits per heavy atom. The molecule has 0 saturated heterocycles. The molecule has 0 spiro atoms. The molecule has 0 amide bonds. The molecule has 18 heavy (non-hydrogen) atoms. The first-order valence-electron chi connectivity index (χ1n) is 5.33. The topological polar surface area (TPSA) is 42.9 Å². The van der Waals surface area contributed by atoms with E-state index in [1.807, 2.05) is 13.0 Å². The Morgan fingerprint density at radius 1 is 1.28 bits per heavy atom. The van der Waals surface area contributed by atoms with E-state index >= 15 is 0 Å². The van der Waals surface area contributed by atoms with Crippen LogP contribution in [-0.4, -0.2) is 15.8 Å². The molecule has 3 nitrogen and oxygen atoms in total. The van der Waals surface area contributed by atoms with Crippen LogP contribution in [0.5, 0.6) is 0 Å². The van der Waals surface area contributed by atoms with Crippen molar-refractivity contribution in [2.75, 3.05) is 0 Å². The number of hydrogen-bond acceptors (Lipinski definition) is 4. The molecule has 0 unspecified atom stereocenters. The predicted molar refractivity (Wildman–Crippen MR) is 72.3 cm³/mol. The van der Waals surface area contributed by atoms with Crippen molar-refractivity contribution in [3.05, 3.63) is 46.7 Å². The summed E-state index contributed by atoms with van der Waals surface area (Å²) in [4.78, 5) is 20.4. The number of aromatic nitrogens is 2. The molecule has 0 radical (unpaired) electrons. The lowest BCUT2D eigenvalue weighted by Crippen LogP contribution is -1.92. The maximum Gasteiger partial charge on any atom is 0.192 e. The van der Waals surface area contributed by atoms with Crippen molar-refractivity contribution < 1.29 is 4.79 Å². The maximum atomic E-state index is 11.2. The van der Waals surface area contributed by atoms with Crippen molar-refractivity contribution in [1.29, 1.82) is 0 Å². The van der Waals surface area contributed by atoms with Gasteiger partial charge in [0.05, 0.1) is 5.02 Å². The average Bonchev–Trinajstić information content (AvgIpc) is 2.34. The SMILES string of the molecule is CC(=O)c1ccc(Sc2ncc(C)cn2)c(Cl)c1. The summed E-state index contributed by atoms with van der Waals surface area (Å²) in [5.74, 6) is 0.0000332. The standard InChI is InChI=1S/C13H11ClN2OS/c1-8-6-15-13(16-7-8)18-12-4-3-10(9(2)17)5-11(12)14/h3-7H,1-2H3. The first-order valence-corrected chi connectivity index (χ1v) is 6.52. The van der Waals surface area contributed by atoms with Crippen molar-refractivity contribution in [3.63, 3.8) is 0 Å². The predicted octanol–water partition coefficient (Wildman–Crippen LogP) is 3.79. The summed E-state index contributed by atoms with van der Waals surface area (Å²) in [7, 11) is 0. The van der Waals surface area contributed by atoms with Crippen LogP contribution in [0, 0.1) is 6.92 Å². The minimum Gasteiger partial charge on any atom is -0.295 e. The second-order valence-corrected chi connectivity index (χ2v) is 5.26. The number of hydrogen-bond donors (Lipinski definition) is 0. The number of carbonyl (C=O) groups excluding carboxylic acids is 1. The Hall–Kier alpha value is -1.39. The van der Waals surface area contributed by atoms with E-state index in [4.69, 9.17) is 11.6 Å². The molecule has 0 saturated carbocycles. The maximum absolute atomic E-state index is 11.2.